The predicted molar refractivity (Wildman–Crippen MR) is 131 cm³/mol. The summed E-state index contributed by atoms with van der Waals surface area (Å²) in [5.41, 5.74) is 1.95. The minimum atomic E-state index is -4.18. The van der Waals surface area contributed by atoms with E-state index in [1.807, 2.05) is 18.2 Å². The van der Waals surface area contributed by atoms with E-state index in [1.54, 1.807) is 30.5 Å². The van der Waals surface area contributed by atoms with Gasteiger partial charge in [-0.2, -0.15) is 13.2 Å². The number of aromatic amines is 1. The predicted octanol–water partition coefficient (Wildman–Crippen LogP) is 6.24. The van der Waals surface area contributed by atoms with Crippen molar-refractivity contribution in [2.24, 2.45) is 5.92 Å². The molecule has 0 saturated carbocycles. The molecule has 1 unspecified atom stereocenters. The molecular weight excluding hydrogens is 502 g/mol. The first kappa shape index (κ1) is 25.8. The fraction of sp³-hybridized carbons (Fsp3) is 0.400. The number of benzene rings is 2. The Morgan fingerprint density at radius 2 is 1.89 bits per heavy atom. The largest absolute Gasteiger partial charge is 0.401 e. The zero-order valence-corrected chi connectivity index (χ0v) is 20.4. The summed E-state index contributed by atoms with van der Waals surface area (Å²) in [7, 11) is 0. The first-order chi connectivity index (χ1) is 16.7. The number of rotatable bonds is 8. The van der Waals surface area contributed by atoms with Crippen LogP contribution in [0.1, 0.15) is 34.8 Å². The Hall–Kier alpha value is -2.26. The Labute approximate surface area is 211 Å². The fourth-order valence-corrected chi connectivity index (χ4v) is 4.84. The van der Waals surface area contributed by atoms with E-state index < -0.39 is 18.8 Å². The maximum atomic E-state index is 13.1. The summed E-state index contributed by atoms with van der Waals surface area (Å²) in [5.74, 6) is -0.117. The highest BCUT2D eigenvalue weighted by molar-refractivity contribution is 6.35. The Morgan fingerprint density at radius 1 is 1.14 bits per heavy atom. The van der Waals surface area contributed by atoms with Crippen molar-refractivity contribution in [3.63, 3.8) is 0 Å². The number of fused-ring (bicyclic) bond motifs is 1. The van der Waals surface area contributed by atoms with Crippen molar-refractivity contribution in [2.75, 3.05) is 32.8 Å². The molecule has 1 fully saturated rings. The van der Waals surface area contributed by atoms with Gasteiger partial charge in [0.25, 0.3) is 5.91 Å². The number of nitrogens with zero attached hydrogens (tertiary/aromatic N) is 1. The van der Waals surface area contributed by atoms with Crippen molar-refractivity contribution in [3.8, 4) is 0 Å². The molecule has 10 heteroatoms. The molecule has 2 N–H and O–H groups in total. The number of ether oxygens (including phenoxy) is 1. The summed E-state index contributed by atoms with van der Waals surface area (Å²) in [5, 5.41) is 4.92. The number of hydrogen-bond acceptors (Lipinski definition) is 3. The number of nitrogens with one attached hydrogen (secondary N) is 2. The third-order valence-electron chi connectivity index (χ3n) is 6.23. The number of aromatic nitrogens is 1. The van der Waals surface area contributed by atoms with Gasteiger partial charge in [0, 0.05) is 34.3 Å². The van der Waals surface area contributed by atoms with Crippen molar-refractivity contribution in [3.05, 3.63) is 69.8 Å². The molecule has 5 nitrogen and oxygen atoms in total. The second kappa shape index (κ2) is 11.2. The van der Waals surface area contributed by atoms with Crippen molar-refractivity contribution >= 4 is 40.0 Å². The van der Waals surface area contributed by atoms with Crippen LogP contribution in [0.25, 0.3) is 10.9 Å². The molecule has 0 bridgehead atoms. The summed E-state index contributed by atoms with van der Waals surface area (Å²) in [6.07, 6.45) is -1.24. The van der Waals surface area contributed by atoms with E-state index in [9.17, 15) is 18.0 Å². The molecule has 35 heavy (non-hydrogen) atoms. The molecule has 1 amide bonds. The SMILES string of the molecule is O=C(NC(COCC1CCN(CC(F)(F)F)CC1)c1ccccc1Cl)c1ccc2c(Cl)c[nH]c2c1. The van der Waals surface area contributed by atoms with E-state index in [0.29, 0.717) is 48.1 Å². The van der Waals surface area contributed by atoms with Crippen LogP contribution in [0.15, 0.2) is 48.7 Å². The van der Waals surface area contributed by atoms with Crippen LogP contribution in [0.2, 0.25) is 10.0 Å². The molecule has 1 aliphatic rings. The molecule has 4 rings (SSSR count). The number of alkyl halides is 3. The highest BCUT2D eigenvalue weighted by atomic mass is 35.5. The van der Waals surface area contributed by atoms with Gasteiger partial charge in [0.15, 0.2) is 0 Å². The van der Waals surface area contributed by atoms with Crippen LogP contribution >= 0.6 is 23.2 Å². The standard InChI is InChI=1S/C25H26Cl2F3N3O2/c26-20-4-2-1-3-18(20)23(14-35-13-16-7-9-33(10-8-16)15-25(28,29)30)32-24(34)17-5-6-19-21(27)12-31-22(19)11-17/h1-6,11-12,16,23,31H,7-10,13-15H2,(H,32,34). The highest BCUT2D eigenvalue weighted by Gasteiger charge is 2.32. The minimum absolute atomic E-state index is 0.169. The summed E-state index contributed by atoms with van der Waals surface area (Å²) < 4.78 is 43.8. The number of halogens is 5. The van der Waals surface area contributed by atoms with E-state index >= 15 is 0 Å². The lowest BCUT2D eigenvalue weighted by Crippen LogP contribution is -2.41. The van der Waals surface area contributed by atoms with Gasteiger partial charge >= 0.3 is 6.18 Å². The maximum absolute atomic E-state index is 13.1. The van der Waals surface area contributed by atoms with E-state index in [1.165, 1.54) is 4.90 Å². The van der Waals surface area contributed by atoms with Crippen LogP contribution in [0.5, 0.6) is 0 Å². The third-order valence-corrected chi connectivity index (χ3v) is 6.88. The molecule has 1 aromatic heterocycles. The maximum Gasteiger partial charge on any atom is 0.401 e. The molecule has 1 atom stereocenters. The molecule has 3 aromatic rings. The quantitative estimate of drug-likeness (QED) is 0.364. The van der Waals surface area contributed by atoms with Crippen LogP contribution in [-0.4, -0.2) is 54.8 Å². The zero-order valence-electron chi connectivity index (χ0n) is 18.9. The summed E-state index contributed by atoms with van der Waals surface area (Å²) in [6.45, 7) is 0.507. The molecule has 0 radical (unpaired) electrons. The van der Waals surface area contributed by atoms with E-state index in [-0.39, 0.29) is 18.4 Å². The lowest BCUT2D eigenvalue weighted by molar-refractivity contribution is -0.149. The van der Waals surface area contributed by atoms with Gasteiger partial charge < -0.3 is 15.0 Å². The van der Waals surface area contributed by atoms with Gasteiger partial charge in [0.05, 0.1) is 24.2 Å². The molecule has 2 heterocycles. The summed E-state index contributed by atoms with van der Waals surface area (Å²) in [4.78, 5) is 17.5. The first-order valence-electron chi connectivity index (χ1n) is 11.4. The normalized spacial score (nSPS) is 16.5. The molecular formula is C25H26Cl2F3N3O2. The Balaban J connectivity index is 1.37. The molecule has 1 aliphatic heterocycles. The van der Waals surface area contributed by atoms with E-state index in [0.717, 1.165) is 16.5 Å². The zero-order chi connectivity index (χ0) is 25.0. The summed E-state index contributed by atoms with van der Waals surface area (Å²) >= 11 is 12.5. The number of likely N-dealkylation sites (tertiary alicyclic amines) is 1. The monoisotopic (exact) mass is 527 g/mol. The number of carbonyl (C=O) groups is 1. The van der Waals surface area contributed by atoms with Crippen molar-refractivity contribution in [1.82, 2.24) is 15.2 Å². The van der Waals surface area contributed by atoms with Gasteiger partial charge in [-0.3, -0.25) is 9.69 Å². The Morgan fingerprint density at radius 3 is 2.60 bits per heavy atom. The fourth-order valence-electron chi connectivity index (χ4n) is 4.36. The van der Waals surface area contributed by atoms with Gasteiger partial charge in [-0.05, 0) is 55.6 Å². The van der Waals surface area contributed by atoms with Crippen LogP contribution in [-0.2, 0) is 4.74 Å². The van der Waals surface area contributed by atoms with Gasteiger partial charge in [-0.15, -0.1) is 0 Å². The number of amides is 1. The number of carbonyl (C=O) groups excluding carboxylic acids is 1. The van der Waals surface area contributed by atoms with Crippen molar-refractivity contribution in [2.45, 2.75) is 25.1 Å². The van der Waals surface area contributed by atoms with E-state index in [4.69, 9.17) is 27.9 Å². The van der Waals surface area contributed by atoms with E-state index in [2.05, 4.69) is 10.3 Å². The number of H-pyrrole nitrogens is 1. The second-order valence-corrected chi connectivity index (χ2v) is 9.63. The first-order valence-corrected chi connectivity index (χ1v) is 12.1. The third kappa shape index (κ3) is 6.91. The molecule has 0 aliphatic carbocycles. The lowest BCUT2D eigenvalue weighted by Gasteiger charge is -2.32. The highest BCUT2D eigenvalue weighted by Crippen LogP contribution is 2.27. The van der Waals surface area contributed by atoms with Crippen LogP contribution in [0.3, 0.4) is 0 Å². The van der Waals surface area contributed by atoms with Gasteiger partial charge in [-0.25, -0.2) is 0 Å². The van der Waals surface area contributed by atoms with Gasteiger partial charge in [0.1, 0.15) is 0 Å². The second-order valence-electron chi connectivity index (χ2n) is 8.82. The topological polar surface area (TPSA) is 57.4 Å². The van der Waals surface area contributed by atoms with Crippen molar-refractivity contribution < 1.29 is 22.7 Å². The number of hydrogen-bond donors (Lipinski definition) is 2. The number of piperidine rings is 1. The molecule has 1 saturated heterocycles. The molecule has 2 aromatic carbocycles. The average molecular weight is 528 g/mol. The van der Waals surface area contributed by atoms with Crippen molar-refractivity contribution in [1.29, 1.82) is 0 Å². The summed E-state index contributed by atoms with van der Waals surface area (Å²) in [6, 6.07) is 12.0. The molecule has 0 spiro atoms. The smallest absolute Gasteiger partial charge is 0.379 e. The van der Waals surface area contributed by atoms with Crippen LogP contribution in [0.4, 0.5) is 13.2 Å². The minimum Gasteiger partial charge on any atom is -0.379 e. The Bertz CT molecular complexity index is 1160. The molecule has 188 valence electrons. The Kier molecular flexibility index (Phi) is 8.27. The lowest BCUT2D eigenvalue weighted by atomic mass is 9.98. The van der Waals surface area contributed by atoms with Gasteiger partial charge in [-0.1, -0.05) is 47.5 Å². The average Bonchev–Trinajstić information content (AvgIpc) is 3.19. The van der Waals surface area contributed by atoms with Gasteiger partial charge in [0.2, 0.25) is 0 Å². The van der Waals surface area contributed by atoms with Crippen LogP contribution in [0, 0.1) is 5.92 Å². The van der Waals surface area contributed by atoms with Crippen LogP contribution < -0.4 is 5.32 Å².